The van der Waals surface area contributed by atoms with Gasteiger partial charge in [0.15, 0.2) is 0 Å². The highest BCUT2D eigenvalue weighted by Crippen LogP contribution is 2.37. The lowest BCUT2D eigenvalue weighted by Gasteiger charge is -2.34. The van der Waals surface area contributed by atoms with Gasteiger partial charge in [-0.15, -0.1) is 0 Å². The number of nitrogens with zero attached hydrogens (tertiary/aromatic N) is 4. The van der Waals surface area contributed by atoms with E-state index in [0.717, 1.165) is 35.1 Å². The number of benzene rings is 2. The van der Waals surface area contributed by atoms with Gasteiger partial charge in [0.05, 0.1) is 24.2 Å². The minimum Gasteiger partial charge on any atom is -0.350 e. The zero-order chi connectivity index (χ0) is 24.1. The number of hydrogen-bond donors (Lipinski definition) is 0. The molecule has 180 valence electrons. The zero-order valence-corrected chi connectivity index (χ0v) is 20.3. The molecule has 7 heteroatoms. The van der Waals surface area contributed by atoms with Crippen molar-refractivity contribution >= 4 is 16.8 Å². The van der Waals surface area contributed by atoms with Crippen LogP contribution in [0.5, 0.6) is 0 Å². The van der Waals surface area contributed by atoms with E-state index in [4.69, 9.17) is 0 Å². The van der Waals surface area contributed by atoms with Gasteiger partial charge in [0.1, 0.15) is 12.0 Å². The van der Waals surface area contributed by atoms with E-state index in [1.165, 1.54) is 11.6 Å². The number of alkyl halides is 1. The highest BCUT2D eigenvalue weighted by atomic mass is 19.1. The molecule has 0 saturated carbocycles. The first-order valence-corrected chi connectivity index (χ1v) is 11.9. The normalized spacial score (nSPS) is 21.6. The van der Waals surface area contributed by atoms with E-state index in [1.807, 2.05) is 36.7 Å². The number of likely N-dealkylation sites (N-methyl/N-ethyl adjacent to an activating group) is 1. The first-order chi connectivity index (χ1) is 16.2. The fraction of sp³-hybridized carbons (Fsp3) is 0.444. The SMILES string of the molecule is Cc1cccc(F)c1CN1C[C@H](c2cn(C)c3c(C(=O)N4CC(F)C4)cccc23)[C@@H](N(C)C)C1. The second kappa shape index (κ2) is 8.78. The van der Waals surface area contributed by atoms with E-state index in [2.05, 4.69) is 36.2 Å². The Morgan fingerprint density at radius 2 is 1.82 bits per heavy atom. The summed E-state index contributed by atoms with van der Waals surface area (Å²) in [4.78, 5) is 19.2. The number of carbonyl (C=O) groups excluding carboxylic acids is 1. The Morgan fingerprint density at radius 3 is 2.50 bits per heavy atom. The van der Waals surface area contributed by atoms with Crippen molar-refractivity contribution in [3.63, 3.8) is 0 Å². The molecule has 5 rings (SSSR count). The van der Waals surface area contributed by atoms with Crippen molar-refractivity contribution in [3.8, 4) is 0 Å². The third-order valence-electron chi connectivity index (χ3n) is 7.55. The summed E-state index contributed by atoms with van der Waals surface area (Å²) in [5, 5.41) is 1.06. The third-order valence-corrected chi connectivity index (χ3v) is 7.55. The van der Waals surface area contributed by atoms with Crippen LogP contribution in [-0.4, -0.2) is 77.7 Å². The Balaban J connectivity index is 1.48. The van der Waals surface area contributed by atoms with Gasteiger partial charge in [-0.05, 0) is 44.3 Å². The number of aryl methyl sites for hydroxylation is 2. The number of likely N-dealkylation sites (tertiary alicyclic amines) is 2. The van der Waals surface area contributed by atoms with E-state index in [9.17, 15) is 13.6 Å². The first kappa shape index (κ1) is 23.0. The number of fused-ring (bicyclic) bond motifs is 1. The summed E-state index contributed by atoms with van der Waals surface area (Å²) < 4.78 is 29.9. The molecule has 2 fully saturated rings. The summed E-state index contributed by atoms with van der Waals surface area (Å²) in [5.74, 6) is -0.0467. The van der Waals surface area contributed by atoms with Crippen LogP contribution in [0.2, 0.25) is 0 Å². The Bertz CT molecular complexity index is 1210. The fourth-order valence-electron chi connectivity index (χ4n) is 5.64. The van der Waals surface area contributed by atoms with Crippen molar-refractivity contribution in [3.05, 3.63) is 70.7 Å². The predicted molar refractivity (Wildman–Crippen MR) is 130 cm³/mol. The van der Waals surface area contributed by atoms with Crippen molar-refractivity contribution in [1.82, 2.24) is 19.3 Å². The topological polar surface area (TPSA) is 31.7 Å². The van der Waals surface area contributed by atoms with E-state index in [-0.39, 0.29) is 36.8 Å². The van der Waals surface area contributed by atoms with Gasteiger partial charge in [0.2, 0.25) is 0 Å². The van der Waals surface area contributed by atoms with Crippen LogP contribution >= 0.6 is 0 Å². The zero-order valence-electron chi connectivity index (χ0n) is 20.3. The van der Waals surface area contributed by atoms with Crippen LogP contribution in [0.25, 0.3) is 10.9 Å². The van der Waals surface area contributed by atoms with Crippen LogP contribution in [0, 0.1) is 12.7 Å². The van der Waals surface area contributed by atoms with Gasteiger partial charge in [0, 0.05) is 55.8 Å². The van der Waals surface area contributed by atoms with Gasteiger partial charge in [-0.1, -0.05) is 24.3 Å². The number of rotatable bonds is 5. The summed E-state index contributed by atoms with van der Waals surface area (Å²) in [6.45, 7) is 4.52. The van der Waals surface area contributed by atoms with Crippen molar-refractivity contribution in [2.45, 2.75) is 31.6 Å². The molecule has 3 heterocycles. The highest BCUT2D eigenvalue weighted by molar-refractivity contribution is 6.07. The van der Waals surface area contributed by atoms with Crippen LogP contribution in [0.1, 0.15) is 33.0 Å². The minimum atomic E-state index is -0.921. The average molecular weight is 467 g/mol. The Labute approximate surface area is 199 Å². The van der Waals surface area contributed by atoms with Crippen LogP contribution in [0.15, 0.2) is 42.6 Å². The number of carbonyl (C=O) groups is 1. The molecule has 2 aliphatic rings. The number of aromatic nitrogens is 1. The van der Waals surface area contributed by atoms with Crippen LogP contribution in [-0.2, 0) is 13.6 Å². The number of para-hydroxylation sites is 1. The smallest absolute Gasteiger partial charge is 0.256 e. The minimum absolute atomic E-state index is 0.112. The summed E-state index contributed by atoms with van der Waals surface area (Å²) in [5.41, 5.74) is 4.44. The molecule has 2 aliphatic heterocycles. The molecular formula is C27H32F2N4O. The maximum absolute atomic E-state index is 14.5. The van der Waals surface area contributed by atoms with E-state index >= 15 is 0 Å². The molecule has 0 radical (unpaired) electrons. The summed E-state index contributed by atoms with van der Waals surface area (Å²) in [7, 11) is 6.15. The predicted octanol–water partition coefficient (Wildman–Crippen LogP) is 3.95. The monoisotopic (exact) mass is 466 g/mol. The standard InChI is InChI=1S/C27H32F2N4O/c1-17-7-5-10-24(29)21(17)14-32-15-23(25(16-32)30(2)3)22-13-31(4)26-19(22)8-6-9-20(26)27(34)33-11-18(28)12-33/h5-10,13,18,23,25H,11-12,14-16H2,1-4H3/t23-,25+/m1/s1. The molecule has 2 atom stereocenters. The van der Waals surface area contributed by atoms with Crippen LogP contribution in [0.4, 0.5) is 8.78 Å². The van der Waals surface area contributed by atoms with Crippen molar-refractivity contribution in [2.75, 3.05) is 40.3 Å². The molecule has 1 aromatic heterocycles. The fourth-order valence-corrected chi connectivity index (χ4v) is 5.64. The second-order valence-electron chi connectivity index (χ2n) is 10.1. The molecule has 34 heavy (non-hydrogen) atoms. The summed E-state index contributed by atoms with van der Waals surface area (Å²) in [6, 6.07) is 11.4. The van der Waals surface area contributed by atoms with Crippen molar-refractivity contribution in [2.24, 2.45) is 7.05 Å². The lowest BCUT2D eigenvalue weighted by Crippen LogP contribution is -2.51. The van der Waals surface area contributed by atoms with Gasteiger partial charge < -0.3 is 14.4 Å². The van der Waals surface area contributed by atoms with Crippen LogP contribution < -0.4 is 0 Å². The number of amides is 1. The summed E-state index contributed by atoms with van der Waals surface area (Å²) in [6.07, 6.45) is 1.21. The average Bonchev–Trinajstić information content (AvgIpc) is 3.35. The lowest BCUT2D eigenvalue weighted by molar-refractivity contribution is 0.0402. The molecule has 0 unspecified atom stereocenters. The molecule has 5 nitrogen and oxygen atoms in total. The maximum Gasteiger partial charge on any atom is 0.256 e. The molecule has 2 aromatic carbocycles. The van der Waals surface area contributed by atoms with E-state index in [0.29, 0.717) is 12.1 Å². The molecule has 0 N–H and O–H groups in total. The van der Waals surface area contributed by atoms with Gasteiger partial charge >= 0.3 is 0 Å². The van der Waals surface area contributed by atoms with E-state index in [1.54, 1.807) is 11.0 Å². The highest BCUT2D eigenvalue weighted by Gasteiger charge is 2.38. The molecular weight excluding hydrogens is 434 g/mol. The first-order valence-electron chi connectivity index (χ1n) is 11.9. The molecule has 1 amide bonds. The second-order valence-corrected chi connectivity index (χ2v) is 10.1. The molecule has 0 spiro atoms. The number of hydrogen-bond acceptors (Lipinski definition) is 3. The van der Waals surface area contributed by atoms with Gasteiger partial charge in [-0.25, -0.2) is 8.78 Å². The van der Waals surface area contributed by atoms with Gasteiger partial charge in [0.25, 0.3) is 5.91 Å². The van der Waals surface area contributed by atoms with Gasteiger partial charge in [-0.2, -0.15) is 0 Å². The molecule has 0 bridgehead atoms. The van der Waals surface area contributed by atoms with Crippen LogP contribution in [0.3, 0.4) is 0 Å². The Kier molecular flexibility index (Phi) is 5.94. The number of halogens is 2. The van der Waals surface area contributed by atoms with E-state index < -0.39 is 6.17 Å². The largest absolute Gasteiger partial charge is 0.350 e. The summed E-state index contributed by atoms with van der Waals surface area (Å²) >= 11 is 0. The Morgan fingerprint density at radius 1 is 1.09 bits per heavy atom. The van der Waals surface area contributed by atoms with Crippen molar-refractivity contribution < 1.29 is 13.6 Å². The van der Waals surface area contributed by atoms with Gasteiger partial charge in [-0.3, -0.25) is 9.69 Å². The van der Waals surface area contributed by atoms with Crippen molar-refractivity contribution in [1.29, 1.82) is 0 Å². The maximum atomic E-state index is 14.5. The molecule has 3 aromatic rings. The lowest BCUT2D eigenvalue weighted by atomic mass is 9.92. The molecule has 0 aliphatic carbocycles. The third kappa shape index (κ3) is 3.91. The quantitative estimate of drug-likeness (QED) is 0.571. The Hall–Kier alpha value is -2.77. The molecule has 2 saturated heterocycles.